The Hall–Kier alpha value is -1.56. The Kier molecular flexibility index (Phi) is 4.11. The van der Waals surface area contributed by atoms with Crippen LogP contribution in [0.1, 0.15) is 12.5 Å². The van der Waals surface area contributed by atoms with Gasteiger partial charge in [-0.3, -0.25) is 0 Å². The van der Waals surface area contributed by atoms with Gasteiger partial charge in [0.05, 0.1) is 12.0 Å². The van der Waals surface area contributed by atoms with E-state index in [4.69, 9.17) is 0 Å². The monoisotopic (exact) mass is 257 g/mol. The smallest absolute Gasteiger partial charge is 0.423 e. The molecule has 0 saturated carbocycles. The fourth-order valence-electron chi connectivity index (χ4n) is 1.34. The Morgan fingerprint density at radius 2 is 1.82 bits per heavy atom. The molecule has 1 rings (SSSR count). The summed E-state index contributed by atoms with van der Waals surface area (Å²) in [6, 6.07) is 6.29. The molecule has 0 fully saturated rings. The van der Waals surface area contributed by atoms with Gasteiger partial charge in [-0.25, -0.2) is 17.5 Å². The Morgan fingerprint density at radius 1 is 1.29 bits per heavy atom. The molecule has 0 aliphatic rings. The van der Waals surface area contributed by atoms with E-state index in [-0.39, 0.29) is 11.4 Å². The second kappa shape index (κ2) is 5.18. The molecule has 0 aromatic heterocycles. The van der Waals surface area contributed by atoms with Gasteiger partial charge in [0.2, 0.25) is 0 Å². The van der Waals surface area contributed by atoms with Crippen LogP contribution in [0.5, 0.6) is 0 Å². The van der Waals surface area contributed by atoms with Crippen LogP contribution in [0.2, 0.25) is 0 Å². The van der Waals surface area contributed by atoms with Gasteiger partial charge in [0, 0.05) is 6.54 Å². The summed E-state index contributed by atoms with van der Waals surface area (Å²) in [7, 11) is -2.67. The summed E-state index contributed by atoms with van der Waals surface area (Å²) in [6.07, 6.45) is -0.881. The molecule has 0 atom stereocenters. The van der Waals surface area contributed by atoms with Crippen LogP contribution < -0.4 is 0 Å². The lowest BCUT2D eigenvalue weighted by atomic mass is 10.2. The minimum Gasteiger partial charge on any atom is -0.452 e. The van der Waals surface area contributed by atoms with Crippen molar-refractivity contribution in [2.75, 3.05) is 13.7 Å². The molecule has 0 unspecified atom stereocenters. The van der Waals surface area contributed by atoms with Crippen molar-refractivity contribution >= 4 is 16.1 Å². The molecular formula is C11H15NO4S. The van der Waals surface area contributed by atoms with Gasteiger partial charge in [-0.15, -0.1) is 0 Å². The highest BCUT2D eigenvalue weighted by Crippen LogP contribution is 2.16. The highest BCUT2D eigenvalue weighted by Gasteiger charge is 2.28. The Balaban J connectivity index is 3.17. The van der Waals surface area contributed by atoms with E-state index in [1.54, 1.807) is 19.1 Å². The van der Waals surface area contributed by atoms with Crippen LogP contribution in [0.25, 0.3) is 0 Å². The summed E-state index contributed by atoms with van der Waals surface area (Å²) >= 11 is 0. The zero-order valence-electron chi connectivity index (χ0n) is 10.0. The predicted molar refractivity (Wildman–Crippen MR) is 63.1 cm³/mol. The van der Waals surface area contributed by atoms with Crippen molar-refractivity contribution in [1.82, 2.24) is 4.31 Å². The molecule has 0 heterocycles. The molecule has 1 amide bonds. The maximum absolute atomic E-state index is 12.1. The van der Waals surface area contributed by atoms with Crippen LogP contribution in [-0.4, -0.2) is 32.5 Å². The topological polar surface area (TPSA) is 63.7 Å². The van der Waals surface area contributed by atoms with E-state index >= 15 is 0 Å². The van der Waals surface area contributed by atoms with Crippen LogP contribution in [0.4, 0.5) is 4.79 Å². The molecule has 0 aliphatic heterocycles. The summed E-state index contributed by atoms with van der Waals surface area (Å²) in [6.45, 7) is 3.46. The van der Waals surface area contributed by atoms with Crippen molar-refractivity contribution in [3.63, 3.8) is 0 Å². The maximum atomic E-state index is 12.1. The fraction of sp³-hybridized carbons (Fsp3) is 0.364. The third-order valence-electron chi connectivity index (χ3n) is 2.27. The van der Waals surface area contributed by atoms with Gasteiger partial charge in [-0.05, 0) is 26.0 Å². The number of hydrogen-bond donors (Lipinski definition) is 0. The fourth-order valence-corrected chi connectivity index (χ4v) is 2.68. The first kappa shape index (κ1) is 13.5. The van der Waals surface area contributed by atoms with E-state index in [1.165, 1.54) is 12.1 Å². The summed E-state index contributed by atoms with van der Waals surface area (Å²) in [5, 5.41) is 0. The maximum Gasteiger partial charge on any atom is 0.423 e. The number of carbonyl (C=O) groups is 1. The normalized spacial score (nSPS) is 11.0. The second-order valence-electron chi connectivity index (χ2n) is 3.45. The summed E-state index contributed by atoms with van der Waals surface area (Å²) in [5.74, 6) is 0. The number of benzene rings is 1. The van der Waals surface area contributed by atoms with E-state index in [1.807, 2.05) is 6.92 Å². The molecule has 5 nitrogen and oxygen atoms in total. The van der Waals surface area contributed by atoms with Gasteiger partial charge < -0.3 is 4.74 Å². The number of methoxy groups -OCH3 is 1. The lowest BCUT2D eigenvalue weighted by molar-refractivity contribution is 0.150. The van der Waals surface area contributed by atoms with E-state index in [2.05, 4.69) is 4.74 Å². The number of hydrogen-bond acceptors (Lipinski definition) is 4. The van der Waals surface area contributed by atoms with Crippen LogP contribution in [0, 0.1) is 6.92 Å². The van der Waals surface area contributed by atoms with E-state index in [9.17, 15) is 13.2 Å². The molecule has 0 bridgehead atoms. The van der Waals surface area contributed by atoms with Gasteiger partial charge in [-0.1, -0.05) is 17.7 Å². The zero-order chi connectivity index (χ0) is 13.1. The average Bonchev–Trinajstić information content (AvgIpc) is 2.29. The minimum absolute atomic E-state index is 0.0306. The number of rotatable bonds is 3. The number of ether oxygens (including phenoxy) is 1. The summed E-state index contributed by atoms with van der Waals surface area (Å²) in [5.41, 5.74) is 0.949. The molecular weight excluding hydrogens is 242 g/mol. The first-order valence-electron chi connectivity index (χ1n) is 5.10. The lowest BCUT2D eigenvalue weighted by Gasteiger charge is -2.19. The zero-order valence-corrected chi connectivity index (χ0v) is 10.8. The third kappa shape index (κ3) is 2.76. The quantitative estimate of drug-likeness (QED) is 0.828. The molecule has 0 aliphatic carbocycles. The number of carbonyl (C=O) groups excluding carboxylic acids is 1. The average molecular weight is 257 g/mol. The van der Waals surface area contributed by atoms with Crippen LogP contribution in [-0.2, 0) is 14.8 Å². The van der Waals surface area contributed by atoms with Crippen molar-refractivity contribution in [1.29, 1.82) is 0 Å². The van der Waals surface area contributed by atoms with Gasteiger partial charge in [-0.2, -0.15) is 0 Å². The molecule has 0 spiro atoms. The third-order valence-corrected chi connectivity index (χ3v) is 4.13. The number of sulfonamides is 1. The molecule has 0 N–H and O–H groups in total. The van der Waals surface area contributed by atoms with Crippen molar-refractivity contribution in [3.8, 4) is 0 Å². The summed E-state index contributed by atoms with van der Waals surface area (Å²) < 4.78 is 29.3. The largest absolute Gasteiger partial charge is 0.452 e. The van der Waals surface area contributed by atoms with Gasteiger partial charge in [0.1, 0.15) is 0 Å². The molecule has 1 aromatic rings. The molecule has 6 heteroatoms. The number of aryl methyl sites for hydroxylation is 1. The van der Waals surface area contributed by atoms with Crippen LogP contribution in [0.15, 0.2) is 29.2 Å². The first-order valence-corrected chi connectivity index (χ1v) is 6.54. The van der Waals surface area contributed by atoms with Crippen molar-refractivity contribution in [3.05, 3.63) is 29.8 Å². The van der Waals surface area contributed by atoms with E-state index in [0.29, 0.717) is 4.31 Å². The van der Waals surface area contributed by atoms with Gasteiger partial charge in [0.15, 0.2) is 0 Å². The molecule has 94 valence electrons. The number of nitrogens with zero attached hydrogens (tertiary/aromatic N) is 1. The van der Waals surface area contributed by atoms with Crippen molar-refractivity contribution < 1.29 is 17.9 Å². The molecule has 0 radical (unpaired) electrons. The number of amides is 1. The predicted octanol–water partition coefficient (Wildman–Crippen LogP) is 1.77. The van der Waals surface area contributed by atoms with Crippen molar-refractivity contribution in [2.24, 2.45) is 0 Å². The molecule has 1 aromatic carbocycles. The minimum atomic E-state index is -3.82. The Bertz CT molecular complexity index is 493. The molecule has 17 heavy (non-hydrogen) atoms. The summed E-state index contributed by atoms with van der Waals surface area (Å²) in [4.78, 5) is 11.4. The SMILES string of the molecule is CCN(C(=O)OC)S(=O)(=O)c1ccc(C)cc1. The van der Waals surface area contributed by atoms with Crippen molar-refractivity contribution in [2.45, 2.75) is 18.7 Å². The first-order chi connectivity index (χ1) is 7.93. The van der Waals surface area contributed by atoms with E-state index in [0.717, 1.165) is 12.7 Å². The second-order valence-corrected chi connectivity index (χ2v) is 5.32. The standard InChI is InChI=1S/C11H15NO4S/c1-4-12(11(13)16-3)17(14,15)10-7-5-9(2)6-8-10/h5-8H,4H2,1-3H3. The molecule has 0 saturated heterocycles. The van der Waals surface area contributed by atoms with Gasteiger partial charge >= 0.3 is 6.09 Å². The van der Waals surface area contributed by atoms with Crippen LogP contribution in [0.3, 0.4) is 0 Å². The Labute approximate surface area is 101 Å². The van der Waals surface area contributed by atoms with E-state index < -0.39 is 16.1 Å². The van der Waals surface area contributed by atoms with Gasteiger partial charge in [0.25, 0.3) is 10.0 Å². The lowest BCUT2D eigenvalue weighted by Crippen LogP contribution is -2.36. The van der Waals surface area contributed by atoms with Crippen LogP contribution >= 0.6 is 0 Å². The highest BCUT2D eigenvalue weighted by molar-refractivity contribution is 7.89. The highest BCUT2D eigenvalue weighted by atomic mass is 32.2. The Morgan fingerprint density at radius 3 is 2.24 bits per heavy atom.